The average Bonchev–Trinajstić information content (AvgIpc) is 2.78. The van der Waals surface area contributed by atoms with Crippen molar-refractivity contribution in [1.29, 1.82) is 0 Å². The van der Waals surface area contributed by atoms with Crippen LogP contribution in [-0.2, 0) is 14.8 Å². The summed E-state index contributed by atoms with van der Waals surface area (Å²) < 4.78 is 59.2. The number of sulfonamides is 1. The molecule has 9 nitrogen and oxygen atoms in total. The topological polar surface area (TPSA) is 119 Å². The van der Waals surface area contributed by atoms with Crippen LogP contribution < -0.4 is 10.1 Å². The second-order valence-corrected chi connectivity index (χ2v) is 10.1. The van der Waals surface area contributed by atoms with Crippen molar-refractivity contribution >= 4 is 21.6 Å². The number of ether oxygens (including phenoxy) is 1. The molecule has 1 heterocycles. The second kappa shape index (κ2) is 10.4. The van der Waals surface area contributed by atoms with Crippen LogP contribution in [0.1, 0.15) is 25.3 Å². The quantitative estimate of drug-likeness (QED) is 0.442. The molecule has 1 N–H and O–H groups in total. The van der Waals surface area contributed by atoms with Crippen LogP contribution in [-0.4, -0.2) is 49.3 Å². The van der Waals surface area contributed by atoms with Crippen molar-refractivity contribution in [3.05, 3.63) is 63.7 Å². The summed E-state index contributed by atoms with van der Waals surface area (Å²) in [6.45, 7) is 3.39. The fourth-order valence-corrected chi connectivity index (χ4v) is 5.40. The van der Waals surface area contributed by atoms with E-state index in [1.54, 1.807) is 13.8 Å². The molecule has 0 aromatic heterocycles. The summed E-state index contributed by atoms with van der Waals surface area (Å²) in [7, 11) is -3.95. The fourth-order valence-electron chi connectivity index (χ4n) is 3.69. The Morgan fingerprint density at radius 1 is 1.24 bits per heavy atom. The minimum absolute atomic E-state index is 0.0341. The smallest absolute Gasteiger partial charge is 0.270 e. The van der Waals surface area contributed by atoms with Crippen LogP contribution in [0.3, 0.4) is 0 Å². The summed E-state index contributed by atoms with van der Waals surface area (Å²) in [5, 5.41) is 13.8. The van der Waals surface area contributed by atoms with E-state index in [9.17, 15) is 32.1 Å². The second-order valence-electron chi connectivity index (χ2n) is 8.18. The number of piperidine rings is 1. The first-order chi connectivity index (χ1) is 16.0. The lowest BCUT2D eigenvalue weighted by Gasteiger charge is -2.31. The Morgan fingerprint density at radius 2 is 1.91 bits per heavy atom. The third-order valence-electron chi connectivity index (χ3n) is 5.60. The Morgan fingerprint density at radius 3 is 2.53 bits per heavy atom. The van der Waals surface area contributed by atoms with Crippen molar-refractivity contribution in [1.82, 2.24) is 9.62 Å². The van der Waals surface area contributed by atoms with Crippen LogP contribution in [0.2, 0.25) is 0 Å². The molecule has 12 heteroatoms. The van der Waals surface area contributed by atoms with Gasteiger partial charge in [-0.1, -0.05) is 6.07 Å². The molecule has 3 rings (SSSR count). The number of non-ortho nitro benzene ring substituents is 1. The first-order valence-corrected chi connectivity index (χ1v) is 12.1. The third kappa shape index (κ3) is 5.86. The van der Waals surface area contributed by atoms with E-state index in [0.717, 1.165) is 12.1 Å². The molecule has 1 aliphatic rings. The van der Waals surface area contributed by atoms with Crippen LogP contribution in [0.5, 0.6) is 5.75 Å². The highest BCUT2D eigenvalue weighted by Gasteiger charge is 2.34. The lowest BCUT2D eigenvalue weighted by Crippen LogP contribution is -2.46. The van der Waals surface area contributed by atoms with E-state index in [2.05, 4.69) is 5.32 Å². The Hall–Kier alpha value is -3.12. The van der Waals surface area contributed by atoms with Gasteiger partial charge >= 0.3 is 0 Å². The molecule has 1 amide bonds. The van der Waals surface area contributed by atoms with E-state index in [0.29, 0.717) is 11.6 Å². The average molecular weight is 498 g/mol. The van der Waals surface area contributed by atoms with Gasteiger partial charge in [0.2, 0.25) is 15.9 Å². The van der Waals surface area contributed by atoms with Gasteiger partial charge in [-0.25, -0.2) is 17.2 Å². The predicted octanol–water partition coefficient (Wildman–Crippen LogP) is 3.17. The maximum atomic E-state index is 13.7. The number of nitrogens with zero attached hydrogens (tertiary/aromatic N) is 2. The third-order valence-corrected chi connectivity index (χ3v) is 7.64. The number of amides is 1. The molecule has 0 aliphatic carbocycles. The first kappa shape index (κ1) is 25.5. The molecule has 1 fully saturated rings. The highest BCUT2D eigenvalue weighted by molar-refractivity contribution is 7.89. The summed E-state index contributed by atoms with van der Waals surface area (Å²) in [5.41, 5.74) is 0.0899. The van der Waals surface area contributed by atoms with E-state index < -0.39 is 38.5 Å². The maximum Gasteiger partial charge on any atom is 0.270 e. The summed E-state index contributed by atoms with van der Waals surface area (Å²) in [5.74, 6) is -2.40. The maximum absolute atomic E-state index is 13.7. The normalized spacial score (nSPS) is 16.1. The minimum atomic E-state index is -3.95. The van der Waals surface area contributed by atoms with Gasteiger partial charge in [0.15, 0.2) is 11.6 Å². The monoisotopic (exact) mass is 497 g/mol. The molecule has 2 aromatic carbocycles. The van der Waals surface area contributed by atoms with Crippen molar-refractivity contribution in [2.75, 3.05) is 19.7 Å². The van der Waals surface area contributed by atoms with Gasteiger partial charge < -0.3 is 10.1 Å². The van der Waals surface area contributed by atoms with E-state index in [1.165, 1.54) is 22.5 Å². The van der Waals surface area contributed by atoms with Crippen LogP contribution >= 0.6 is 0 Å². The zero-order valence-electron chi connectivity index (χ0n) is 18.7. The molecule has 2 aromatic rings. The van der Waals surface area contributed by atoms with E-state index in [-0.39, 0.29) is 54.8 Å². The number of rotatable bonds is 8. The van der Waals surface area contributed by atoms with E-state index in [4.69, 9.17) is 4.74 Å². The molecule has 0 spiro atoms. The molecule has 1 aliphatic heterocycles. The van der Waals surface area contributed by atoms with Crippen LogP contribution in [0.15, 0.2) is 41.3 Å². The summed E-state index contributed by atoms with van der Waals surface area (Å²) in [6, 6.07) is 6.17. The highest BCUT2D eigenvalue weighted by Crippen LogP contribution is 2.28. The summed E-state index contributed by atoms with van der Waals surface area (Å²) in [6.07, 6.45) is 0.554. The highest BCUT2D eigenvalue weighted by atomic mass is 32.2. The largest absolute Gasteiger partial charge is 0.488 e. The fraction of sp³-hybridized carbons (Fsp3) is 0.409. The molecule has 1 unspecified atom stereocenters. The van der Waals surface area contributed by atoms with Gasteiger partial charge in [0.25, 0.3) is 5.69 Å². The number of nitro benzene ring substituents is 1. The van der Waals surface area contributed by atoms with Crippen molar-refractivity contribution in [2.45, 2.75) is 37.6 Å². The predicted molar refractivity (Wildman–Crippen MR) is 119 cm³/mol. The zero-order chi connectivity index (χ0) is 25.0. The number of aryl methyl sites for hydroxylation is 1. The van der Waals surface area contributed by atoms with Crippen molar-refractivity contribution in [3.8, 4) is 5.75 Å². The van der Waals surface area contributed by atoms with Crippen molar-refractivity contribution in [3.63, 3.8) is 0 Å². The molecule has 1 saturated heterocycles. The lowest BCUT2D eigenvalue weighted by atomic mass is 9.97. The number of carbonyl (C=O) groups excluding carboxylic acids is 1. The van der Waals surface area contributed by atoms with Crippen LogP contribution in [0.25, 0.3) is 0 Å². The Labute approximate surface area is 195 Å². The van der Waals surface area contributed by atoms with Gasteiger partial charge in [0.05, 0.1) is 15.9 Å². The van der Waals surface area contributed by atoms with Gasteiger partial charge in [-0.05, 0) is 44.4 Å². The number of benzene rings is 2. The van der Waals surface area contributed by atoms with Crippen LogP contribution in [0.4, 0.5) is 14.5 Å². The lowest BCUT2D eigenvalue weighted by molar-refractivity contribution is -0.385. The minimum Gasteiger partial charge on any atom is -0.488 e. The van der Waals surface area contributed by atoms with E-state index in [1.807, 2.05) is 0 Å². The Bertz CT molecular complexity index is 1180. The van der Waals surface area contributed by atoms with E-state index >= 15 is 0 Å². The molecular formula is C22H25F2N3O6S. The van der Waals surface area contributed by atoms with Crippen LogP contribution in [0, 0.1) is 34.6 Å². The van der Waals surface area contributed by atoms with Gasteiger partial charge in [-0.2, -0.15) is 4.31 Å². The molecule has 0 radical (unpaired) electrons. The number of hydrogen-bond acceptors (Lipinski definition) is 6. The molecule has 184 valence electrons. The van der Waals surface area contributed by atoms with Gasteiger partial charge in [-0.15, -0.1) is 0 Å². The van der Waals surface area contributed by atoms with Gasteiger partial charge in [0.1, 0.15) is 12.4 Å². The molecular weight excluding hydrogens is 472 g/mol. The SMILES string of the molecule is Cc1ccc([N+](=O)[O-])cc1S(=O)(=O)N1CCC(C(=O)NC(C)COc2ccc(F)cc2F)CC1. The standard InChI is InChI=1S/C22H25F2N3O6S/c1-14-3-5-18(27(29)30)12-21(14)34(31,32)26-9-7-16(8-10-26)22(28)25-15(2)13-33-20-6-4-17(23)11-19(20)24/h3-6,11-12,15-16H,7-10,13H2,1-2H3,(H,25,28). The molecule has 34 heavy (non-hydrogen) atoms. The number of nitrogens with one attached hydrogen (secondary N) is 1. The van der Waals surface area contributed by atoms with Gasteiger partial charge in [-0.3, -0.25) is 14.9 Å². The molecule has 0 saturated carbocycles. The Balaban J connectivity index is 1.55. The number of halogens is 2. The Kier molecular flexibility index (Phi) is 7.82. The summed E-state index contributed by atoms with van der Waals surface area (Å²) in [4.78, 5) is 22.9. The molecule has 0 bridgehead atoms. The zero-order valence-corrected chi connectivity index (χ0v) is 19.5. The number of carbonyl (C=O) groups is 1. The first-order valence-electron chi connectivity index (χ1n) is 10.6. The van der Waals surface area contributed by atoms with Crippen molar-refractivity contribution < 1.29 is 31.7 Å². The van der Waals surface area contributed by atoms with Gasteiger partial charge in [0, 0.05) is 37.2 Å². The summed E-state index contributed by atoms with van der Waals surface area (Å²) >= 11 is 0. The van der Waals surface area contributed by atoms with Crippen molar-refractivity contribution in [2.24, 2.45) is 5.92 Å². The number of nitro groups is 1. The number of hydrogen-bond donors (Lipinski definition) is 1. The molecule has 1 atom stereocenters.